The maximum absolute atomic E-state index is 12.2. The van der Waals surface area contributed by atoms with Gasteiger partial charge in [0.15, 0.2) is 5.58 Å². The van der Waals surface area contributed by atoms with Crippen LogP contribution in [-0.2, 0) is 9.59 Å². The van der Waals surface area contributed by atoms with Crippen LogP contribution in [-0.4, -0.2) is 22.7 Å². The Bertz CT molecular complexity index is 1020. The molecule has 1 aliphatic heterocycles. The lowest BCUT2D eigenvalue weighted by molar-refractivity contribution is -0.120. The zero-order chi connectivity index (χ0) is 19.1. The van der Waals surface area contributed by atoms with E-state index in [4.69, 9.17) is 16.0 Å². The number of anilines is 1. The minimum atomic E-state index is -0.472. The number of amides is 1. The average molecular weight is 383 g/mol. The Morgan fingerprint density at radius 1 is 1.22 bits per heavy atom. The van der Waals surface area contributed by atoms with Crippen LogP contribution >= 0.6 is 11.6 Å². The number of nitrogens with zero attached hydrogens (tertiary/aromatic N) is 2. The quantitative estimate of drug-likeness (QED) is 0.611. The van der Waals surface area contributed by atoms with Gasteiger partial charge in [-0.1, -0.05) is 26.0 Å². The molecule has 0 bridgehead atoms. The molecule has 0 aliphatic carbocycles. The van der Waals surface area contributed by atoms with Gasteiger partial charge in [-0.3, -0.25) is 9.59 Å². The number of fused-ring (bicyclic) bond motifs is 1. The van der Waals surface area contributed by atoms with Crippen molar-refractivity contribution in [1.82, 2.24) is 4.98 Å². The largest absolute Gasteiger partial charge is 0.436 e. The minimum absolute atomic E-state index is 0.110. The second-order valence-corrected chi connectivity index (χ2v) is 7.53. The van der Waals surface area contributed by atoms with Crippen molar-refractivity contribution < 1.29 is 14.0 Å². The van der Waals surface area contributed by atoms with Crippen molar-refractivity contribution in [3.8, 4) is 11.5 Å². The van der Waals surface area contributed by atoms with Crippen molar-refractivity contribution >= 4 is 39.5 Å². The zero-order valence-corrected chi connectivity index (χ0v) is 15.9. The van der Waals surface area contributed by atoms with E-state index in [1.165, 1.54) is 5.56 Å². The normalized spacial score (nSPS) is 17.3. The second-order valence-electron chi connectivity index (χ2n) is 7.16. The SMILES string of the molecule is CC(C)c1ccc(-c2nc3cc(N4C[C@@H](C(=O)Cl)CC4=O)ccc3o2)cc1. The first kappa shape index (κ1) is 17.7. The van der Waals surface area contributed by atoms with Crippen LogP contribution in [0, 0.1) is 5.92 Å². The van der Waals surface area contributed by atoms with E-state index in [-0.39, 0.29) is 12.3 Å². The van der Waals surface area contributed by atoms with Crippen LogP contribution < -0.4 is 4.90 Å². The highest BCUT2D eigenvalue weighted by Gasteiger charge is 2.34. The molecule has 5 nitrogen and oxygen atoms in total. The van der Waals surface area contributed by atoms with Crippen molar-refractivity contribution in [2.45, 2.75) is 26.2 Å². The van der Waals surface area contributed by atoms with Crippen LogP contribution in [0.2, 0.25) is 0 Å². The fraction of sp³-hybridized carbons (Fsp3) is 0.286. The third kappa shape index (κ3) is 3.35. The monoisotopic (exact) mass is 382 g/mol. The number of rotatable bonds is 4. The molecular weight excluding hydrogens is 364 g/mol. The van der Waals surface area contributed by atoms with Crippen molar-refractivity contribution in [1.29, 1.82) is 0 Å². The van der Waals surface area contributed by atoms with Gasteiger partial charge >= 0.3 is 0 Å². The van der Waals surface area contributed by atoms with E-state index in [0.717, 1.165) is 5.56 Å². The Labute approximate surface area is 161 Å². The van der Waals surface area contributed by atoms with Gasteiger partial charge < -0.3 is 9.32 Å². The number of carbonyl (C=O) groups excluding carboxylic acids is 2. The van der Waals surface area contributed by atoms with Crippen LogP contribution in [0.25, 0.3) is 22.6 Å². The number of hydrogen-bond donors (Lipinski definition) is 0. The average Bonchev–Trinajstić information content (AvgIpc) is 3.24. The van der Waals surface area contributed by atoms with E-state index in [1.807, 2.05) is 18.2 Å². The Morgan fingerprint density at radius 2 is 1.96 bits per heavy atom. The lowest BCUT2D eigenvalue weighted by atomic mass is 10.0. The molecule has 1 atom stereocenters. The molecule has 1 fully saturated rings. The van der Waals surface area contributed by atoms with Crippen LogP contribution in [0.4, 0.5) is 5.69 Å². The Morgan fingerprint density at radius 3 is 2.59 bits per heavy atom. The number of carbonyl (C=O) groups is 2. The van der Waals surface area contributed by atoms with Gasteiger partial charge in [-0.2, -0.15) is 0 Å². The molecule has 0 spiro atoms. The Balaban J connectivity index is 1.64. The summed E-state index contributed by atoms with van der Waals surface area (Å²) in [6.07, 6.45) is 0.145. The summed E-state index contributed by atoms with van der Waals surface area (Å²) in [7, 11) is 0. The highest BCUT2D eigenvalue weighted by molar-refractivity contribution is 6.64. The highest BCUT2D eigenvalue weighted by Crippen LogP contribution is 2.31. The Hall–Kier alpha value is -2.66. The third-order valence-electron chi connectivity index (χ3n) is 4.95. The van der Waals surface area contributed by atoms with Gasteiger partial charge in [0, 0.05) is 24.2 Å². The molecule has 4 rings (SSSR count). The fourth-order valence-electron chi connectivity index (χ4n) is 3.33. The van der Waals surface area contributed by atoms with Gasteiger partial charge in [-0.25, -0.2) is 4.98 Å². The maximum Gasteiger partial charge on any atom is 0.227 e. The molecule has 0 unspecified atom stereocenters. The van der Waals surface area contributed by atoms with Crippen LogP contribution in [0.1, 0.15) is 31.7 Å². The van der Waals surface area contributed by atoms with Gasteiger partial charge in [0.05, 0.1) is 5.92 Å². The molecule has 27 heavy (non-hydrogen) atoms. The summed E-state index contributed by atoms with van der Waals surface area (Å²) in [6, 6.07) is 13.6. The molecule has 0 N–H and O–H groups in total. The van der Waals surface area contributed by atoms with Gasteiger partial charge in [0.25, 0.3) is 0 Å². The predicted octanol–water partition coefficient (Wildman–Crippen LogP) is 4.74. The number of hydrogen-bond acceptors (Lipinski definition) is 4. The van der Waals surface area contributed by atoms with Gasteiger partial charge in [0.2, 0.25) is 17.0 Å². The molecule has 1 saturated heterocycles. The van der Waals surface area contributed by atoms with Crippen molar-refractivity contribution in [3.05, 3.63) is 48.0 Å². The third-order valence-corrected chi connectivity index (χ3v) is 5.26. The summed E-state index contributed by atoms with van der Waals surface area (Å²) < 4.78 is 5.87. The van der Waals surface area contributed by atoms with Crippen molar-refractivity contribution in [2.75, 3.05) is 11.4 Å². The van der Waals surface area contributed by atoms with Crippen molar-refractivity contribution in [2.24, 2.45) is 5.92 Å². The first-order chi connectivity index (χ1) is 12.9. The van der Waals surface area contributed by atoms with E-state index < -0.39 is 11.2 Å². The Kier molecular flexibility index (Phi) is 4.48. The molecule has 1 amide bonds. The molecule has 2 aromatic carbocycles. The van der Waals surface area contributed by atoms with E-state index in [0.29, 0.717) is 35.1 Å². The van der Waals surface area contributed by atoms with Gasteiger partial charge in [-0.05, 0) is 53.4 Å². The molecule has 2 heterocycles. The summed E-state index contributed by atoms with van der Waals surface area (Å²) in [5.74, 6) is 0.439. The summed E-state index contributed by atoms with van der Waals surface area (Å²) in [4.78, 5) is 29.7. The maximum atomic E-state index is 12.2. The highest BCUT2D eigenvalue weighted by atomic mass is 35.5. The zero-order valence-electron chi connectivity index (χ0n) is 15.1. The summed E-state index contributed by atoms with van der Waals surface area (Å²) in [5.41, 5.74) is 4.18. The standard InChI is InChI=1S/C21H19ClN2O3/c1-12(2)13-3-5-14(6-4-13)21-23-17-10-16(7-8-18(17)27-21)24-11-15(20(22)26)9-19(24)25/h3-8,10,12,15H,9,11H2,1-2H3/t15-/m0/s1. The van der Waals surface area contributed by atoms with E-state index in [2.05, 4.69) is 31.0 Å². The lowest BCUT2D eigenvalue weighted by Crippen LogP contribution is -2.25. The lowest BCUT2D eigenvalue weighted by Gasteiger charge is -2.15. The molecule has 138 valence electrons. The molecule has 0 radical (unpaired) electrons. The smallest absolute Gasteiger partial charge is 0.227 e. The molecule has 0 saturated carbocycles. The molecular formula is C21H19ClN2O3. The van der Waals surface area contributed by atoms with Crippen LogP contribution in [0.15, 0.2) is 46.9 Å². The molecule has 1 aliphatic rings. The van der Waals surface area contributed by atoms with E-state index >= 15 is 0 Å². The van der Waals surface area contributed by atoms with Gasteiger partial charge in [-0.15, -0.1) is 0 Å². The van der Waals surface area contributed by atoms with Crippen LogP contribution in [0.3, 0.4) is 0 Å². The molecule has 3 aromatic rings. The number of oxazole rings is 1. The topological polar surface area (TPSA) is 63.4 Å². The number of benzene rings is 2. The summed E-state index contributed by atoms with van der Waals surface area (Å²) in [6.45, 7) is 4.60. The first-order valence-corrected chi connectivity index (χ1v) is 9.31. The molecule has 6 heteroatoms. The summed E-state index contributed by atoms with van der Waals surface area (Å²) in [5, 5.41) is -0.472. The second kappa shape index (κ2) is 6.82. The fourth-order valence-corrected chi connectivity index (χ4v) is 3.47. The van der Waals surface area contributed by atoms with Gasteiger partial charge in [0.1, 0.15) is 5.52 Å². The van der Waals surface area contributed by atoms with E-state index in [1.54, 1.807) is 17.0 Å². The first-order valence-electron chi connectivity index (χ1n) is 8.93. The number of aromatic nitrogens is 1. The molecule has 1 aromatic heterocycles. The number of halogens is 1. The van der Waals surface area contributed by atoms with Crippen LogP contribution in [0.5, 0.6) is 0 Å². The minimum Gasteiger partial charge on any atom is -0.436 e. The van der Waals surface area contributed by atoms with Crippen molar-refractivity contribution in [3.63, 3.8) is 0 Å². The van der Waals surface area contributed by atoms with E-state index in [9.17, 15) is 9.59 Å². The predicted molar refractivity (Wildman–Crippen MR) is 105 cm³/mol. The summed E-state index contributed by atoms with van der Waals surface area (Å²) >= 11 is 5.55.